The van der Waals surface area contributed by atoms with Crippen LogP contribution in [0.25, 0.3) is 17.4 Å². The van der Waals surface area contributed by atoms with Gasteiger partial charge in [0.1, 0.15) is 23.2 Å². The van der Waals surface area contributed by atoms with Gasteiger partial charge < -0.3 is 13.9 Å². The van der Waals surface area contributed by atoms with E-state index in [1.165, 1.54) is 25.1 Å². The van der Waals surface area contributed by atoms with E-state index in [1.54, 1.807) is 42.5 Å². The second-order valence-corrected chi connectivity index (χ2v) is 8.06. The summed E-state index contributed by atoms with van der Waals surface area (Å²) in [7, 11) is 0. The SMILES string of the molecule is CC1=C(C#N)C(=O)N(Cc2ccc3c(c2)OCO3)C(=O)/C1=C/c1ccc(-c2cccc([N+](=O)[O-])c2)o1. The molecule has 0 saturated carbocycles. The van der Waals surface area contributed by atoms with Gasteiger partial charge in [0.2, 0.25) is 6.79 Å². The van der Waals surface area contributed by atoms with Crippen molar-refractivity contribution in [3.8, 4) is 28.9 Å². The van der Waals surface area contributed by atoms with E-state index in [-0.39, 0.29) is 41.5 Å². The van der Waals surface area contributed by atoms with Crippen molar-refractivity contribution in [3.05, 3.63) is 92.8 Å². The molecule has 178 valence electrons. The third-order valence-corrected chi connectivity index (χ3v) is 5.86. The first-order chi connectivity index (χ1) is 17.4. The van der Waals surface area contributed by atoms with E-state index in [4.69, 9.17) is 13.9 Å². The maximum atomic E-state index is 13.4. The number of benzene rings is 2. The molecular formula is C26H17N3O7. The van der Waals surface area contributed by atoms with Crippen LogP contribution in [0.1, 0.15) is 18.2 Å². The number of hydrogen-bond donors (Lipinski definition) is 0. The summed E-state index contributed by atoms with van der Waals surface area (Å²) in [6.07, 6.45) is 1.45. The minimum atomic E-state index is -0.688. The number of ether oxygens (including phenoxy) is 2. The Morgan fingerprint density at radius 1 is 1.08 bits per heavy atom. The molecule has 1 aromatic heterocycles. The van der Waals surface area contributed by atoms with E-state index < -0.39 is 16.7 Å². The zero-order valence-electron chi connectivity index (χ0n) is 18.9. The lowest BCUT2D eigenvalue weighted by molar-refractivity contribution is -0.384. The van der Waals surface area contributed by atoms with E-state index in [9.17, 15) is 25.0 Å². The highest BCUT2D eigenvalue weighted by molar-refractivity contribution is 6.19. The van der Waals surface area contributed by atoms with E-state index in [0.717, 1.165) is 4.90 Å². The van der Waals surface area contributed by atoms with Crippen molar-refractivity contribution in [2.75, 3.05) is 6.79 Å². The molecule has 2 amide bonds. The monoisotopic (exact) mass is 483 g/mol. The zero-order valence-corrected chi connectivity index (χ0v) is 18.9. The Hall–Kier alpha value is -5.17. The Kier molecular flexibility index (Phi) is 5.58. The average molecular weight is 483 g/mol. The number of amides is 2. The quantitative estimate of drug-likeness (QED) is 0.226. The second kappa shape index (κ2) is 8.88. The Labute approximate surface area is 204 Å². The molecule has 0 N–H and O–H groups in total. The average Bonchev–Trinajstić information content (AvgIpc) is 3.54. The van der Waals surface area contributed by atoms with Crippen LogP contribution in [0, 0.1) is 21.4 Å². The molecule has 0 saturated heterocycles. The van der Waals surface area contributed by atoms with Crippen LogP contribution < -0.4 is 9.47 Å². The maximum Gasteiger partial charge on any atom is 0.271 e. The number of nitro groups is 1. The lowest BCUT2D eigenvalue weighted by Gasteiger charge is -2.27. The number of nitrogens with zero attached hydrogens (tertiary/aromatic N) is 3. The van der Waals surface area contributed by atoms with Crippen molar-refractivity contribution in [2.24, 2.45) is 0 Å². The van der Waals surface area contributed by atoms with Crippen LogP contribution >= 0.6 is 0 Å². The summed E-state index contributed by atoms with van der Waals surface area (Å²) in [5.41, 5.74) is 1.26. The molecule has 2 aliphatic rings. The Morgan fingerprint density at radius 3 is 2.67 bits per heavy atom. The summed E-state index contributed by atoms with van der Waals surface area (Å²) in [6.45, 7) is 1.55. The molecule has 0 atom stereocenters. The van der Waals surface area contributed by atoms with E-state index >= 15 is 0 Å². The normalized spacial score (nSPS) is 16.0. The van der Waals surface area contributed by atoms with Crippen LogP contribution in [0.3, 0.4) is 0 Å². The highest BCUT2D eigenvalue weighted by Gasteiger charge is 2.36. The molecule has 2 aromatic carbocycles. The maximum absolute atomic E-state index is 13.4. The lowest BCUT2D eigenvalue weighted by atomic mass is 9.94. The summed E-state index contributed by atoms with van der Waals surface area (Å²) >= 11 is 0. The molecule has 3 heterocycles. The first-order valence-electron chi connectivity index (χ1n) is 10.8. The smallest absolute Gasteiger partial charge is 0.271 e. The molecule has 0 unspecified atom stereocenters. The molecule has 2 aliphatic heterocycles. The fraction of sp³-hybridized carbons (Fsp3) is 0.115. The molecular weight excluding hydrogens is 466 g/mol. The molecule has 3 aromatic rings. The summed E-state index contributed by atoms with van der Waals surface area (Å²) in [5.74, 6) is 0.463. The van der Waals surface area contributed by atoms with Gasteiger partial charge >= 0.3 is 0 Å². The molecule has 10 heteroatoms. The third kappa shape index (κ3) is 3.99. The lowest BCUT2D eigenvalue weighted by Crippen LogP contribution is -2.42. The van der Waals surface area contributed by atoms with Crippen LogP contribution in [-0.4, -0.2) is 28.4 Å². The minimum Gasteiger partial charge on any atom is -0.457 e. The topological polar surface area (TPSA) is 136 Å². The molecule has 0 spiro atoms. The molecule has 0 aliphatic carbocycles. The fourth-order valence-corrected chi connectivity index (χ4v) is 4.00. The zero-order chi connectivity index (χ0) is 25.4. The highest BCUT2D eigenvalue weighted by atomic mass is 16.7. The first kappa shape index (κ1) is 22.6. The number of rotatable bonds is 5. The van der Waals surface area contributed by atoms with Crippen molar-refractivity contribution in [2.45, 2.75) is 13.5 Å². The predicted octanol–water partition coefficient (Wildman–Crippen LogP) is 4.38. The van der Waals surface area contributed by atoms with Gasteiger partial charge in [0.05, 0.1) is 11.5 Å². The van der Waals surface area contributed by atoms with Crippen LogP contribution in [0.5, 0.6) is 11.5 Å². The van der Waals surface area contributed by atoms with E-state index in [2.05, 4.69) is 0 Å². The van der Waals surface area contributed by atoms with Crippen molar-refractivity contribution in [1.29, 1.82) is 5.26 Å². The third-order valence-electron chi connectivity index (χ3n) is 5.86. The fourth-order valence-electron chi connectivity index (χ4n) is 4.00. The molecule has 5 rings (SSSR count). The number of carbonyl (C=O) groups excluding carboxylic acids is 2. The second-order valence-electron chi connectivity index (χ2n) is 8.06. The predicted molar refractivity (Wildman–Crippen MR) is 125 cm³/mol. The number of carbonyl (C=O) groups is 2. The van der Waals surface area contributed by atoms with Crippen molar-refractivity contribution < 1.29 is 28.4 Å². The Bertz CT molecular complexity index is 1540. The van der Waals surface area contributed by atoms with Crippen molar-refractivity contribution >= 4 is 23.6 Å². The molecule has 0 fully saturated rings. The largest absolute Gasteiger partial charge is 0.457 e. The minimum absolute atomic E-state index is 0.0683. The summed E-state index contributed by atoms with van der Waals surface area (Å²) in [6, 6.07) is 16.2. The Morgan fingerprint density at radius 2 is 1.89 bits per heavy atom. The summed E-state index contributed by atoms with van der Waals surface area (Å²) in [5, 5.41) is 20.7. The standard InChI is InChI=1S/C26H17N3O7/c1-15-20(11-19-6-8-22(36-19)17-3-2-4-18(10-17)29(32)33)25(30)28(26(31)21(15)12-27)13-16-5-7-23-24(9-16)35-14-34-23/h2-11H,13-14H2,1H3/b20-11+. The van der Waals surface area contributed by atoms with Gasteiger partial charge in [-0.2, -0.15) is 5.26 Å². The van der Waals surface area contributed by atoms with E-state index in [0.29, 0.717) is 28.4 Å². The van der Waals surface area contributed by atoms with Gasteiger partial charge in [-0.3, -0.25) is 24.6 Å². The van der Waals surface area contributed by atoms with Gasteiger partial charge in [-0.05, 0) is 48.4 Å². The van der Waals surface area contributed by atoms with Crippen LogP contribution in [0.4, 0.5) is 5.69 Å². The molecule has 0 radical (unpaired) electrons. The van der Waals surface area contributed by atoms with Crippen LogP contribution in [0.2, 0.25) is 0 Å². The van der Waals surface area contributed by atoms with E-state index in [1.807, 2.05) is 6.07 Å². The van der Waals surface area contributed by atoms with Crippen molar-refractivity contribution in [1.82, 2.24) is 4.90 Å². The van der Waals surface area contributed by atoms with Gasteiger partial charge in [0, 0.05) is 23.3 Å². The number of nitro benzene ring substituents is 1. The first-order valence-corrected chi connectivity index (χ1v) is 10.8. The number of imide groups is 1. The summed E-state index contributed by atoms with van der Waals surface area (Å²) < 4.78 is 16.5. The van der Waals surface area contributed by atoms with Gasteiger partial charge in [0.25, 0.3) is 17.5 Å². The number of nitriles is 1. The number of fused-ring (bicyclic) bond motifs is 1. The Balaban J connectivity index is 1.48. The number of hydrogen-bond acceptors (Lipinski definition) is 8. The molecule has 36 heavy (non-hydrogen) atoms. The van der Waals surface area contributed by atoms with Gasteiger partial charge in [-0.15, -0.1) is 0 Å². The molecule has 10 nitrogen and oxygen atoms in total. The van der Waals surface area contributed by atoms with Crippen LogP contribution in [-0.2, 0) is 16.1 Å². The van der Waals surface area contributed by atoms with Crippen molar-refractivity contribution in [3.63, 3.8) is 0 Å². The van der Waals surface area contributed by atoms with Gasteiger partial charge in [0.15, 0.2) is 11.5 Å². The van der Waals surface area contributed by atoms with Gasteiger partial charge in [-0.25, -0.2) is 0 Å². The number of non-ortho nitro benzene ring substituents is 1. The number of furan rings is 1. The van der Waals surface area contributed by atoms with Gasteiger partial charge in [-0.1, -0.05) is 18.2 Å². The highest BCUT2D eigenvalue weighted by Crippen LogP contribution is 2.34. The molecule has 0 bridgehead atoms. The van der Waals surface area contributed by atoms with Crippen LogP contribution in [0.15, 0.2) is 75.7 Å². The summed E-state index contributed by atoms with van der Waals surface area (Å²) in [4.78, 5) is 37.9.